The molecule has 1 aliphatic rings. The normalized spacial score (nSPS) is 15.6. The second-order valence-electron chi connectivity index (χ2n) is 7.38. The van der Waals surface area contributed by atoms with Gasteiger partial charge in [0.25, 0.3) is 0 Å². The van der Waals surface area contributed by atoms with E-state index in [-0.39, 0.29) is 12.7 Å². The maximum absolute atomic E-state index is 13.0. The molecule has 0 radical (unpaired) electrons. The zero-order valence-electron chi connectivity index (χ0n) is 17.7. The third-order valence-electron chi connectivity index (χ3n) is 5.25. The summed E-state index contributed by atoms with van der Waals surface area (Å²) in [7, 11) is 3.16. The van der Waals surface area contributed by atoms with Crippen molar-refractivity contribution in [1.29, 1.82) is 0 Å². The van der Waals surface area contributed by atoms with Gasteiger partial charge in [-0.15, -0.1) is 0 Å². The predicted octanol–water partition coefficient (Wildman–Crippen LogP) is 3.95. The van der Waals surface area contributed by atoms with Crippen LogP contribution in [-0.4, -0.2) is 49.3 Å². The lowest BCUT2D eigenvalue weighted by molar-refractivity contribution is 0.0162. The first-order valence-electron chi connectivity index (χ1n) is 10.3. The minimum absolute atomic E-state index is 0.0344. The van der Waals surface area contributed by atoms with E-state index in [2.05, 4.69) is 0 Å². The van der Waals surface area contributed by atoms with E-state index in [1.54, 1.807) is 31.2 Å². The van der Waals surface area contributed by atoms with Gasteiger partial charge >= 0.3 is 5.97 Å². The number of carbonyl (C=O) groups excluding carboxylic acids is 1. The Hall–Kier alpha value is -3.32. The molecule has 0 amide bonds. The van der Waals surface area contributed by atoms with Gasteiger partial charge in [-0.05, 0) is 36.6 Å². The van der Waals surface area contributed by atoms with Crippen molar-refractivity contribution >= 4 is 5.97 Å². The number of carbonyl (C=O) groups is 1. The van der Waals surface area contributed by atoms with Crippen LogP contribution in [0.4, 0.5) is 0 Å². The molecule has 1 aliphatic heterocycles. The van der Waals surface area contributed by atoms with Crippen LogP contribution in [0.3, 0.4) is 0 Å². The molecule has 1 fully saturated rings. The maximum atomic E-state index is 13.0. The number of ether oxygens (including phenoxy) is 4. The van der Waals surface area contributed by atoms with Gasteiger partial charge in [-0.25, -0.2) is 4.79 Å². The van der Waals surface area contributed by atoms with Gasteiger partial charge in [0.2, 0.25) is 0 Å². The van der Waals surface area contributed by atoms with Crippen molar-refractivity contribution in [2.45, 2.75) is 25.5 Å². The van der Waals surface area contributed by atoms with E-state index in [1.165, 1.54) is 0 Å². The van der Waals surface area contributed by atoms with Gasteiger partial charge in [-0.1, -0.05) is 30.3 Å². The van der Waals surface area contributed by atoms with Crippen LogP contribution < -0.4 is 9.47 Å². The molecule has 7 heteroatoms. The largest absolute Gasteiger partial charge is 0.493 e. The van der Waals surface area contributed by atoms with E-state index in [0.717, 1.165) is 24.0 Å². The Balaban J connectivity index is 1.65. The molecular formula is C24H26N2O5. The van der Waals surface area contributed by atoms with Crippen LogP contribution in [-0.2, 0) is 16.0 Å². The molecular weight excluding hydrogens is 396 g/mol. The summed E-state index contributed by atoms with van der Waals surface area (Å²) in [5.41, 5.74) is 2.77. The summed E-state index contributed by atoms with van der Waals surface area (Å²) in [5, 5.41) is 4.70. The summed E-state index contributed by atoms with van der Waals surface area (Å²) in [6.45, 7) is 1.50. The summed E-state index contributed by atoms with van der Waals surface area (Å²) in [4.78, 5) is 13.0. The molecule has 0 saturated carbocycles. The molecule has 2 aromatic carbocycles. The quantitative estimate of drug-likeness (QED) is 0.512. The highest BCUT2D eigenvalue weighted by atomic mass is 16.6. The van der Waals surface area contributed by atoms with E-state index in [4.69, 9.17) is 24.0 Å². The fraction of sp³-hybridized carbons (Fsp3) is 0.333. The van der Waals surface area contributed by atoms with Gasteiger partial charge in [-0.3, -0.25) is 4.68 Å². The lowest BCUT2D eigenvalue weighted by atomic mass is 10.1. The van der Waals surface area contributed by atoms with Crippen LogP contribution in [0.5, 0.6) is 11.5 Å². The predicted molar refractivity (Wildman–Crippen MR) is 116 cm³/mol. The van der Waals surface area contributed by atoms with Crippen molar-refractivity contribution in [2.24, 2.45) is 0 Å². The molecule has 1 atom stereocenters. The lowest BCUT2D eigenvalue weighted by Gasteiger charge is -2.11. The van der Waals surface area contributed by atoms with Crippen molar-refractivity contribution in [2.75, 3.05) is 27.4 Å². The van der Waals surface area contributed by atoms with Crippen LogP contribution in [0.15, 0.2) is 54.7 Å². The Labute approximate surface area is 181 Å². The first-order valence-corrected chi connectivity index (χ1v) is 10.3. The summed E-state index contributed by atoms with van der Waals surface area (Å²) >= 11 is 0. The van der Waals surface area contributed by atoms with E-state index >= 15 is 0 Å². The second-order valence-corrected chi connectivity index (χ2v) is 7.38. The standard InChI is InChI=1S/C24H26N2O5/c1-28-21-11-10-18(13-22(21)29-2)23-20(24(27)31-16-19-9-6-12-30-19)15-26(25-23)14-17-7-4-3-5-8-17/h3-5,7-8,10-11,13,15,19H,6,9,12,14,16H2,1-2H3. The average Bonchev–Trinajstić information content (AvgIpc) is 3.48. The molecule has 31 heavy (non-hydrogen) atoms. The van der Waals surface area contributed by atoms with Crippen LogP contribution in [0.25, 0.3) is 11.3 Å². The second kappa shape index (κ2) is 9.66. The number of hydrogen-bond acceptors (Lipinski definition) is 6. The third-order valence-corrected chi connectivity index (χ3v) is 5.25. The van der Waals surface area contributed by atoms with Crippen molar-refractivity contribution in [3.05, 3.63) is 65.9 Å². The number of methoxy groups -OCH3 is 2. The summed E-state index contributed by atoms with van der Waals surface area (Å²) in [5.74, 6) is 0.758. The zero-order valence-corrected chi connectivity index (χ0v) is 17.7. The van der Waals surface area contributed by atoms with Gasteiger partial charge in [-0.2, -0.15) is 5.10 Å². The number of esters is 1. The fourth-order valence-electron chi connectivity index (χ4n) is 3.64. The molecule has 1 unspecified atom stereocenters. The van der Waals surface area contributed by atoms with Crippen LogP contribution in [0.2, 0.25) is 0 Å². The minimum Gasteiger partial charge on any atom is -0.493 e. The van der Waals surface area contributed by atoms with E-state index < -0.39 is 5.97 Å². The Morgan fingerprint density at radius 3 is 2.65 bits per heavy atom. The van der Waals surface area contributed by atoms with Crippen molar-refractivity contribution in [3.8, 4) is 22.8 Å². The zero-order chi connectivity index (χ0) is 21.6. The number of hydrogen-bond donors (Lipinski definition) is 0. The molecule has 162 valence electrons. The first kappa shape index (κ1) is 20.9. The number of rotatable bonds is 8. The Morgan fingerprint density at radius 1 is 1.13 bits per heavy atom. The van der Waals surface area contributed by atoms with Crippen molar-refractivity contribution in [1.82, 2.24) is 9.78 Å². The summed E-state index contributed by atoms with van der Waals surface area (Å²) < 4.78 is 23.6. The summed E-state index contributed by atoms with van der Waals surface area (Å²) in [6, 6.07) is 15.4. The van der Waals surface area contributed by atoms with E-state index in [9.17, 15) is 4.79 Å². The lowest BCUT2D eigenvalue weighted by Crippen LogP contribution is -2.18. The molecule has 0 bridgehead atoms. The van der Waals surface area contributed by atoms with Crippen LogP contribution in [0, 0.1) is 0 Å². The molecule has 0 aliphatic carbocycles. The highest BCUT2D eigenvalue weighted by Crippen LogP contribution is 2.33. The van der Waals surface area contributed by atoms with E-state index in [1.807, 2.05) is 42.5 Å². The van der Waals surface area contributed by atoms with E-state index in [0.29, 0.717) is 35.9 Å². The molecule has 1 saturated heterocycles. The highest BCUT2D eigenvalue weighted by Gasteiger charge is 2.23. The van der Waals surface area contributed by atoms with Gasteiger partial charge in [0.15, 0.2) is 11.5 Å². The monoisotopic (exact) mass is 422 g/mol. The van der Waals surface area contributed by atoms with Gasteiger partial charge in [0, 0.05) is 18.4 Å². The molecule has 1 aromatic heterocycles. The number of benzene rings is 2. The van der Waals surface area contributed by atoms with Gasteiger partial charge in [0.05, 0.1) is 26.9 Å². The van der Waals surface area contributed by atoms with Crippen LogP contribution >= 0.6 is 0 Å². The highest BCUT2D eigenvalue weighted by molar-refractivity contribution is 5.96. The van der Waals surface area contributed by atoms with Crippen molar-refractivity contribution < 1.29 is 23.7 Å². The molecule has 7 nitrogen and oxygen atoms in total. The van der Waals surface area contributed by atoms with Gasteiger partial charge < -0.3 is 18.9 Å². The smallest absolute Gasteiger partial charge is 0.342 e. The maximum Gasteiger partial charge on any atom is 0.342 e. The molecule has 3 aromatic rings. The first-order chi connectivity index (χ1) is 15.2. The fourth-order valence-corrected chi connectivity index (χ4v) is 3.64. The average molecular weight is 422 g/mol. The molecule has 2 heterocycles. The Kier molecular flexibility index (Phi) is 6.52. The minimum atomic E-state index is -0.417. The Morgan fingerprint density at radius 2 is 1.94 bits per heavy atom. The molecule has 0 N–H and O–H groups in total. The summed E-state index contributed by atoms with van der Waals surface area (Å²) in [6.07, 6.45) is 3.60. The SMILES string of the molecule is COc1ccc(-c2nn(Cc3ccccc3)cc2C(=O)OCC2CCCO2)cc1OC. The van der Waals surface area contributed by atoms with Crippen molar-refractivity contribution in [3.63, 3.8) is 0 Å². The van der Waals surface area contributed by atoms with Crippen LogP contribution in [0.1, 0.15) is 28.8 Å². The molecule has 0 spiro atoms. The number of aromatic nitrogens is 2. The topological polar surface area (TPSA) is 71.8 Å². The number of nitrogens with zero attached hydrogens (tertiary/aromatic N) is 2. The molecule has 4 rings (SSSR count). The third kappa shape index (κ3) is 4.88. The van der Waals surface area contributed by atoms with Gasteiger partial charge in [0.1, 0.15) is 17.9 Å². The Bertz CT molecular complexity index is 1030.